The quantitative estimate of drug-likeness (QED) is 0.876. The van der Waals surface area contributed by atoms with Crippen LogP contribution in [0.1, 0.15) is 5.56 Å². The molecule has 0 bridgehead atoms. The number of nitrogens with zero attached hydrogens (tertiary/aromatic N) is 1. The molecule has 20 heavy (non-hydrogen) atoms. The van der Waals surface area contributed by atoms with E-state index < -0.39 is 0 Å². The van der Waals surface area contributed by atoms with E-state index >= 15 is 0 Å². The summed E-state index contributed by atoms with van der Waals surface area (Å²) in [5.74, 6) is 2.37. The maximum absolute atomic E-state index is 5.86. The highest BCUT2D eigenvalue weighted by Gasteiger charge is 2.12. The van der Waals surface area contributed by atoms with Gasteiger partial charge in [-0.2, -0.15) is 0 Å². The van der Waals surface area contributed by atoms with E-state index in [1.807, 2.05) is 24.3 Å². The minimum absolute atomic E-state index is 0.532. The van der Waals surface area contributed by atoms with Gasteiger partial charge in [0.25, 0.3) is 0 Å². The fraction of sp³-hybridized carbons (Fsp3) is 0.267. The first-order valence-corrected chi connectivity index (χ1v) is 6.31. The fourth-order valence-electron chi connectivity index (χ4n) is 1.86. The van der Waals surface area contributed by atoms with Crippen molar-refractivity contribution in [3.05, 3.63) is 42.2 Å². The van der Waals surface area contributed by atoms with Crippen LogP contribution in [-0.4, -0.2) is 25.7 Å². The van der Waals surface area contributed by atoms with Gasteiger partial charge >= 0.3 is 0 Å². The Labute approximate surface area is 118 Å². The van der Waals surface area contributed by atoms with Crippen molar-refractivity contribution >= 4 is 0 Å². The van der Waals surface area contributed by atoms with Crippen molar-refractivity contribution in [3.63, 3.8) is 0 Å². The van der Waals surface area contributed by atoms with Gasteiger partial charge in [-0.1, -0.05) is 6.07 Å². The molecule has 0 unspecified atom stereocenters. The minimum atomic E-state index is 0.532. The zero-order valence-corrected chi connectivity index (χ0v) is 11.6. The van der Waals surface area contributed by atoms with Crippen molar-refractivity contribution in [3.8, 4) is 23.0 Å². The lowest BCUT2D eigenvalue weighted by molar-refractivity contribution is 0.346. The van der Waals surface area contributed by atoms with Crippen LogP contribution in [0.25, 0.3) is 0 Å². The normalized spacial score (nSPS) is 10.2. The van der Waals surface area contributed by atoms with E-state index in [0.717, 1.165) is 12.0 Å². The molecule has 0 amide bonds. The molecule has 0 radical (unpaired) electrons. The topological polar surface area (TPSA) is 66.6 Å². The Morgan fingerprint density at radius 2 is 1.80 bits per heavy atom. The molecule has 2 N–H and O–H groups in total. The van der Waals surface area contributed by atoms with Gasteiger partial charge in [-0.3, -0.25) is 4.98 Å². The Hall–Kier alpha value is -2.27. The van der Waals surface area contributed by atoms with E-state index in [2.05, 4.69) is 4.98 Å². The SMILES string of the molecule is COc1cccc(OC)c1Oc1cncc(CCN)c1. The van der Waals surface area contributed by atoms with E-state index in [1.165, 1.54) is 0 Å². The monoisotopic (exact) mass is 274 g/mol. The van der Waals surface area contributed by atoms with Crippen LogP contribution in [0.2, 0.25) is 0 Å². The summed E-state index contributed by atoms with van der Waals surface area (Å²) < 4.78 is 16.4. The second kappa shape index (κ2) is 6.77. The molecule has 2 rings (SSSR count). The lowest BCUT2D eigenvalue weighted by Crippen LogP contribution is -2.03. The highest BCUT2D eigenvalue weighted by Crippen LogP contribution is 2.39. The van der Waals surface area contributed by atoms with Gasteiger partial charge in [0.1, 0.15) is 5.75 Å². The molecule has 1 aromatic carbocycles. The molecule has 0 aliphatic carbocycles. The number of methoxy groups -OCH3 is 2. The Balaban J connectivity index is 2.31. The van der Waals surface area contributed by atoms with Crippen molar-refractivity contribution in [2.75, 3.05) is 20.8 Å². The van der Waals surface area contributed by atoms with Gasteiger partial charge in [0.05, 0.1) is 20.4 Å². The maximum Gasteiger partial charge on any atom is 0.211 e. The number of nitrogens with two attached hydrogens (primary N) is 1. The standard InChI is InChI=1S/C15H18N2O3/c1-18-13-4-3-5-14(19-2)15(13)20-12-8-11(6-7-16)9-17-10-12/h3-5,8-10H,6-7,16H2,1-2H3. The van der Waals surface area contributed by atoms with Crippen molar-refractivity contribution in [2.24, 2.45) is 5.73 Å². The Morgan fingerprint density at radius 1 is 1.10 bits per heavy atom. The molecule has 2 aromatic rings. The van der Waals surface area contributed by atoms with Gasteiger partial charge in [-0.25, -0.2) is 0 Å². The van der Waals surface area contributed by atoms with Gasteiger partial charge in [0, 0.05) is 6.20 Å². The number of benzene rings is 1. The van der Waals surface area contributed by atoms with Crippen LogP contribution in [0.5, 0.6) is 23.0 Å². The van der Waals surface area contributed by atoms with E-state index in [0.29, 0.717) is 29.5 Å². The number of rotatable bonds is 6. The van der Waals surface area contributed by atoms with Gasteiger partial charge in [-0.05, 0) is 36.7 Å². The molecule has 0 atom stereocenters. The smallest absolute Gasteiger partial charge is 0.211 e. The number of pyridine rings is 1. The molecular weight excluding hydrogens is 256 g/mol. The molecule has 0 spiro atoms. The summed E-state index contributed by atoms with van der Waals surface area (Å²) in [6.45, 7) is 0.573. The predicted molar refractivity (Wildman–Crippen MR) is 76.6 cm³/mol. The first-order chi connectivity index (χ1) is 9.78. The molecule has 0 saturated heterocycles. The van der Waals surface area contributed by atoms with Crippen molar-refractivity contribution in [1.29, 1.82) is 0 Å². The predicted octanol–water partition coefficient (Wildman–Crippen LogP) is 2.39. The second-order valence-corrected chi connectivity index (χ2v) is 4.16. The summed E-state index contributed by atoms with van der Waals surface area (Å²) in [6, 6.07) is 7.38. The summed E-state index contributed by atoms with van der Waals surface area (Å²) in [6.07, 6.45) is 4.18. The zero-order chi connectivity index (χ0) is 14.4. The average Bonchev–Trinajstić information content (AvgIpc) is 2.48. The third-order valence-corrected chi connectivity index (χ3v) is 2.81. The third-order valence-electron chi connectivity index (χ3n) is 2.81. The third kappa shape index (κ3) is 3.19. The van der Waals surface area contributed by atoms with Crippen LogP contribution in [0.3, 0.4) is 0 Å². The molecule has 106 valence electrons. The van der Waals surface area contributed by atoms with Crippen LogP contribution in [0, 0.1) is 0 Å². The van der Waals surface area contributed by atoms with Crippen molar-refractivity contribution < 1.29 is 14.2 Å². The highest BCUT2D eigenvalue weighted by molar-refractivity contribution is 5.53. The van der Waals surface area contributed by atoms with Crippen LogP contribution >= 0.6 is 0 Å². The summed E-state index contributed by atoms with van der Waals surface area (Å²) in [5, 5.41) is 0. The zero-order valence-electron chi connectivity index (χ0n) is 11.6. The molecule has 5 nitrogen and oxygen atoms in total. The second-order valence-electron chi connectivity index (χ2n) is 4.16. The first-order valence-electron chi connectivity index (χ1n) is 6.31. The lowest BCUT2D eigenvalue weighted by Gasteiger charge is -2.14. The molecule has 1 heterocycles. The van der Waals surface area contributed by atoms with E-state index in [1.54, 1.807) is 26.6 Å². The summed E-state index contributed by atoms with van der Waals surface area (Å²) in [7, 11) is 3.18. The molecule has 0 fully saturated rings. The molecule has 0 aliphatic rings. The number of para-hydroxylation sites is 1. The van der Waals surface area contributed by atoms with Crippen LogP contribution in [0.4, 0.5) is 0 Å². The van der Waals surface area contributed by atoms with Gasteiger partial charge in [0.15, 0.2) is 11.5 Å². The van der Waals surface area contributed by atoms with Gasteiger partial charge in [-0.15, -0.1) is 0 Å². The molecule has 5 heteroatoms. The average molecular weight is 274 g/mol. The van der Waals surface area contributed by atoms with Crippen molar-refractivity contribution in [1.82, 2.24) is 4.98 Å². The van der Waals surface area contributed by atoms with E-state index in [-0.39, 0.29) is 0 Å². The maximum atomic E-state index is 5.86. The number of aromatic nitrogens is 1. The van der Waals surface area contributed by atoms with Gasteiger partial charge < -0.3 is 19.9 Å². The molecular formula is C15H18N2O3. The lowest BCUT2D eigenvalue weighted by atomic mass is 10.2. The van der Waals surface area contributed by atoms with Gasteiger partial charge in [0.2, 0.25) is 5.75 Å². The largest absolute Gasteiger partial charge is 0.493 e. The Morgan fingerprint density at radius 3 is 2.40 bits per heavy atom. The number of ether oxygens (including phenoxy) is 3. The Bertz CT molecular complexity index is 551. The van der Waals surface area contributed by atoms with Crippen LogP contribution < -0.4 is 19.9 Å². The van der Waals surface area contributed by atoms with Crippen LogP contribution in [0.15, 0.2) is 36.7 Å². The van der Waals surface area contributed by atoms with Crippen LogP contribution in [-0.2, 0) is 6.42 Å². The molecule has 0 saturated carbocycles. The Kier molecular flexibility index (Phi) is 4.79. The van der Waals surface area contributed by atoms with E-state index in [4.69, 9.17) is 19.9 Å². The summed E-state index contributed by atoms with van der Waals surface area (Å²) in [5.41, 5.74) is 6.57. The molecule has 0 aliphatic heterocycles. The van der Waals surface area contributed by atoms with Crippen molar-refractivity contribution in [2.45, 2.75) is 6.42 Å². The molecule has 1 aromatic heterocycles. The summed E-state index contributed by atoms with van der Waals surface area (Å²) in [4.78, 5) is 4.15. The van der Waals surface area contributed by atoms with E-state index in [9.17, 15) is 0 Å². The summed E-state index contributed by atoms with van der Waals surface area (Å²) >= 11 is 0. The number of hydrogen-bond donors (Lipinski definition) is 1. The first kappa shape index (κ1) is 14.1. The highest BCUT2D eigenvalue weighted by atomic mass is 16.5. The fourth-order valence-corrected chi connectivity index (χ4v) is 1.86. The minimum Gasteiger partial charge on any atom is -0.493 e. The number of hydrogen-bond acceptors (Lipinski definition) is 5.